The van der Waals surface area contributed by atoms with Gasteiger partial charge in [-0.2, -0.15) is 0 Å². The Hall–Kier alpha value is -2.17. The van der Waals surface area contributed by atoms with Gasteiger partial charge in [-0.15, -0.1) is 0 Å². The largest absolute Gasteiger partial charge is 0.399 e. The highest BCUT2D eigenvalue weighted by atomic mass is 19.3. The molecule has 0 spiro atoms. The van der Waals surface area contributed by atoms with Gasteiger partial charge in [0.2, 0.25) is 0 Å². The number of anilines is 3. The van der Waals surface area contributed by atoms with Gasteiger partial charge in [0.05, 0.1) is 0 Å². The second-order valence-electron chi connectivity index (χ2n) is 3.78. The molecule has 0 aliphatic rings. The molecule has 0 bridgehead atoms. The Balaban J connectivity index is 2.34. The zero-order chi connectivity index (χ0) is 13.1. The third kappa shape index (κ3) is 2.74. The molecule has 0 aliphatic heterocycles. The van der Waals surface area contributed by atoms with Crippen LogP contribution in [0.5, 0.6) is 0 Å². The van der Waals surface area contributed by atoms with Crippen molar-refractivity contribution >= 4 is 17.1 Å². The van der Waals surface area contributed by atoms with Crippen LogP contribution >= 0.6 is 0 Å². The van der Waals surface area contributed by atoms with Crippen molar-refractivity contribution in [3.05, 3.63) is 53.8 Å². The van der Waals surface area contributed by atoms with Crippen molar-refractivity contribution in [2.45, 2.75) is 6.43 Å². The van der Waals surface area contributed by atoms with E-state index < -0.39 is 12.2 Å². The van der Waals surface area contributed by atoms with Crippen LogP contribution in [0.4, 0.5) is 30.2 Å². The Morgan fingerprint density at radius 1 is 1.06 bits per heavy atom. The standard InChI is InChI=1S/C13H11F3N2/c14-8-2-1-3-10(6-8)18-12-5-4-9(17)7-11(12)13(15)16/h1-7,13,18H,17H2. The van der Waals surface area contributed by atoms with Crippen LogP contribution in [0.2, 0.25) is 0 Å². The maximum absolute atomic E-state index is 13.0. The van der Waals surface area contributed by atoms with Crippen LogP contribution in [0, 0.1) is 5.82 Å². The van der Waals surface area contributed by atoms with Gasteiger partial charge in [-0.25, -0.2) is 13.2 Å². The Bertz CT molecular complexity index is 556. The molecule has 0 amide bonds. The van der Waals surface area contributed by atoms with Gasteiger partial charge in [-0.1, -0.05) is 6.07 Å². The second-order valence-corrected chi connectivity index (χ2v) is 3.78. The zero-order valence-corrected chi connectivity index (χ0v) is 9.33. The summed E-state index contributed by atoms with van der Waals surface area (Å²) in [4.78, 5) is 0. The summed E-state index contributed by atoms with van der Waals surface area (Å²) in [6.45, 7) is 0. The molecule has 3 N–H and O–H groups in total. The van der Waals surface area contributed by atoms with E-state index in [0.29, 0.717) is 5.69 Å². The summed E-state index contributed by atoms with van der Waals surface area (Å²) in [6.07, 6.45) is -2.65. The maximum Gasteiger partial charge on any atom is 0.265 e. The lowest BCUT2D eigenvalue weighted by atomic mass is 10.1. The van der Waals surface area contributed by atoms with Crippen LogP contribution in [0.15, 0.2) is 42.5 Å². The smallest absolute Gasteiger partial charge is 0.265 e. The molecule has 2 aromatic rings. The average Bonchev–Trinajstić information content (AvgIpc) is 2.31. The predicted octanol–water partition coefficient (Wildman–Crippen LogP) is 4.09. The van der Waals surface area contributed by atoms with E-state index in [2.05, 4.69) is 5.32 Å². The van der Waals surface area contributed by atoms with E-state index in [0.717, 1.165) is 0 Å². The first-order valence-corrected chi connectivity index (χ1v) is 5.26. The number of halogens is 3. The highest BCUT2D eigenvalue weighted by Crippen LogP contribution is 2.31. The number of rotatable bonds is 3. The van der Waals surface area contributed by atoms with E-state index in [1.807, 2.05) is 0 Å². The third-order valence-corrected chi connectivity index (χ3v) is 2.41. The number of nitrogen functional groups attached to an aromatic ring is 1. The first-order chi connectivity index (χ1) is 8.56. The van der Waals surface area contributed by atoms with Crippen LogP contribution in [-0.4, -0.2) is 0 Å². The fourth-order valence-electron chi connectivity index (χ4n) is 1.60. The van der Waals surface area contributed by atoms with Gasteiger partial charge in [0.25, 0.3) is 6.43 Å². The van der Waals surface area contributed by atoms with Gasteiger partial charge >= 0.3 is 0 Å². The van der Waals surface area contributed by atoms with Gasteiger partial charge in [-0.05, 0) is 36.4 Å². The molecule has 0 atom stereocenters. The fraction of sp³-hybridized carbons (Fsp3) is 0.0769. The summed E-state index contributed by atoms with van der Waals surface area (Å²) >= 11 is 0. The minimum atomic E-state index is -2.65. The lowest BCUT2D eigenvalue weighted by molar-refractivity contribution is 0.152. The van der Waals surface area contributed by atoms with E-state index in [1.165, 1.54) is 36.4 Å². The van der Waals surface area contributed by atoms with Crippen molar-refractivity contribution in [3.63, 3.8) is 0 Å². The lowest BCUT2D eigenvalue weighted by Gasteiger charge is -2.12. The fourth-order valence-corrected chi connectivity index (χ4v) is 1.60. The molecule has 94 valence electrons. The summed E-state index contributed by atoms with van der Waals surface area (Å²) in [5.41, 5.74) is 6.13. The Morgan fingerprint density at radius 2 is 1.83 bits per heavy atom. The lowest BCUT2D eigenvalue weighted by Crippen LogP contribution is -1.98. The van der Waals surface area contributed by atoms with Crippen molar-refractivity contribution in [2.75, 3.05) is 11.1 Å². The van der Waals surface area contributed by atoms with Gasteiger partial charge < -0.3 is 11.1 Å². The molecule has 0 aromatic heterocycles. The van der Waals surface area contributed by atoms with Crippen LogP contribution in [0.3, 0.4) is 0 Å². The van der Waals surface area contributed by atoms with Crippen molar-refractivity contribution in [3.8, 4) is 0 Å². The Labute approximate surface area is 102 Å². The molecule has 0 unspecified atom stereocenters. The molecule has 5 heteroatoms. The molecule has 0 aliphatic carbocycles. The summed E-state index contributed by atoms with van der Waals surface area (Å²) in [6, 6.07) is 9.75. The molecule has 2 aromatic carbocycles. The first-order valence-electron chi connectivity index (χ1n) is 5.26. The van der Waals surface area contributed by atoms with Crippen LogP contribution in [0.25, 0.3) is 0 Å². The van der Waals surface area contributed by atoms with Crippen molar-refractivity contribution in [1.82, 2.24) is 0 Å². The zero-order valence-electron chi connectivity index (χ0n) is 9.33. The summed E-state index contributed by atoms with van der Waals surface area (Å²) < 4.78 is 38.6. The SMILES string of the molecule is Nc1ccc(Nc2cccc(F)c2)c(C(F)F)c1. The molecular weight excluding hydrogens is 241 g/mol. The second kappa shape index (κ2) is 5.00. The highest BCUT2D eigenvalue weighted by molar-refractivity contribution is 5.66. The Kier molecular flexibility index (Phi) is 3.41. The number of alkyl halides is 2. The third-order valence-electron chi connectivity index (χ3n) is 2.41. The van der Waals surface area contributed by atoms with E-state index in [1.54, 1.807) is 6.07 Å². The van der Waals surface area contributed by atoms with E-state index in [4.69, 9.17) is 5.73 Å². The van der Waals surface area contributed by atoms with Crippen LogP contribution in [0.1, 0.15) is 12.0 Å². The minimum absolute atomic E-state index is 0.209. The van der Waals surface area contributed by atoms with Crippen LogP contribution in [-0.2, 0) is 0 Å². The number of benzene rings is 2. The van der Waals surface area contributed by atoms with E-state index in [9.17, 15) is 13.2 Å². The summed E-state index contributed by atoms with van der Waals surface area (Å²) in [7, 11) is 0. The predicted molar refractivity (Wildman–Crippen MR) is 65.5 cm³/mol. The number of nitrogens with one attached hydrogen (secondary N) is 1. The van der Waals surface area contributed by atoms with Crippen molar-refractivity contribution < 1.29 is 13.2 Å². The topological polar surface area (TPSA) is 38.0 Å². The average molecular weight is 252 g/mol. The highest BCUT2D eigenvalue weighted by Gasteiger charge is 2.13. The molecule has 0 heterocycles. The minimum Gasteiger partial charge on any atom is -0.399 e. The quantitative estimate of drug-likeness (QED) is 0.807. The summed E-state index contributed by atoms with van der Waals surface area (Å²) in [5, 5.41) is 2.75. The number of hydrogen-bond donors (Lipinski definition) is 2. The number of hydrogen-bond acceptors (Lipinski definition) is 2. The van der Waals surface area contributed by atoms with Crippen LogP contribution < -0.4 is 11.1 Å². The normalized spacial score (nSPS) is 10.7. The molecule has 0 saturated carbocycles. The van der Waals surface area contributed by atoms with E-state index >= 15 is 0 Å². The molecule has 0 fully saturated rings. The van der Waals surface area contributed by atoms with E-state index in [-0.39, 0.29) is 16.9 Å². The maximum atomic E-state index is 13.0. The monoisotopic (exact) mass is 252 g/mol. The Morgan fingerprint density at radius 3 is 2.50 bits per heavy atom. The molecular formula is C13H11F3N2. The molecule has 2 rings (SSSR count). The molecule has 0 saturated heterocycles. The van der Waals surface area contributed by atoms with Gasteiger partial charge in [0.1, 0.15) is 5.82 Å². The summed E-state index contributed by atoms with van der Waals surface area (Å²) in [5.74, 6) is -0.436. The molecule has 18 heavy (non-hydrogen) atoms. The number of nitrogens with two attached hydrogens (primary N) is 1. The molecule has 2 nitrogen and oxygen atoms in total. The molecule has 0 radical (unpaired) electrons. The first kappa shape index (κ1) is 12.3. The van der Waals surface area contributed by atoms with Gasteiger partial charge in [0.15, 0.2) is 0 Å². The van der Waals surface area contributed by atoms with Crippen molar-refractivity contribution in [2.24, 2.45) is 0 Å². The van der Waals surface area contributed by atoms with Crippen molar-refractivity contribution in [1.29, 1.82) is 0 Å². The van der Waals surface area contributed by atoms with Gasteiger partial charge in [-0.3, -0.25) is 0 Å². The van der Waals surface area contributed by atoms with Gasteiger partial charge in [0, 0.05) is 22.6 Å².